The van der Waals surface area contributed by atoms with Crippen LogP contribution in [0.25, 0.3) is 10.2 Å². The van der Waals surface area contributed by atoms with Gasteiger partial charge in [0.1, 0.15) is 4.83 Å². The molecule has 3 aromatic rings. The number of nitrogens with zero attached hydrogens (tertiary/aromatic N) is 3. The van der Waals surface area contributed by atoms with Crippen LogP contribution in [0, 0.1) is 6.92 Å². The van der Waals surface area contributed by atoms with Crippen LogP contribution in [-0.2, 0) is 6.54 Å². The Bertz CT molecular complexity index is 951. The van der Waals surface area contributed by atoms with E-state index in [2.05, 4.69) is 5.10 Å². The SMILES string of the molecule is Cc1nn(Cc2ccc(Cl)cc2)c2sc(C(=O)N3CCCC(N)C3)cc12.Cl. The normalized spacial score (nSPS) is 17.1. The first-order valence-electron chi connectivity index (χ1n) is 8.77. The third-order valence-corrected chi connectivity index (χ3v) is 6.20. The smallest absolute Gasteiger partial charge is 0.264 e. The van der Waals surface area contributed by atoms with Gasteiger partial charge in [0.05, 0.1) is 17.1 Å². The molecule has 1 atom stereocenters. The first-order valence-corrected chi connectivity index (χ1v) is 9.97. The molecule has 0 saturated carbocycles. The Morgan fingerprint density at radius 3 is 2.81 bits per heavy atom. The minimum absolute atomic E-state index is 0. The number of benzene rings is 1. The maximum absolute atomic E-state index is 12.9. The molecule has 0 radical (unpaired) electrons. The summed E-state index contributed by atoms with van der Waals surface area (Å²) in [5.41, 5.74) is 8.10. The van der Waals surface area contributed by atoms with Gasteiger partial charge in [0, 0.05) is 29.5 Å². The average molecular weight is 425 g/mol. The van der Waals surface area contributed by atoms with Crippen molar-refractivity contribution in [3.05, 3.63) is 51.5 Å². The van der Waals surface area contributed by atoms with E-state index in [-0.39, 0.29) is 24.4 Å². The number of carbonyl (C=O) groups is 1. The summed E-state index contributed by atoms with van der Waals surface area (Å²) in [5.74, 6) is 0.0822. The number of piperidine rings is 1. The predicted molar refractivity (Wildman–Crippen MR) is 113 cm³/mol. The minimum atomic E-state index is 0. The monoisotopic (exact) mass is 424 g/mol. The Balaban J connectivity index is 0.00000210. The zero-order valence-electron chi connectivity index (χ0n) is 15.0. The molecule has 144 valence electrons. The molecular formula is C19H22Cl2N4OS. The van der Waals surface area contributed by atoms with Crippen LogP contribution in [0.3, 0.4) is 0 Å². The van der Waals surface area contributed by atoms with Gasteiger partial charge in [-0.15, -0.1) is 23.7 Å². The van der Waals surface area contributed by atoms with E-state index >= 15 is 0 Å². The molecule has 0 spiro atoms. The van der Waals surface area contributed by atoms with E-state index in [1.165, 1.54) is 11.3 Å². The van der Waals surface area contributed by atoms with E-state index in [9.17, 15) is 4.79 Å². The zero-order chi connectivity index (χ0) is 18.3. The van der Waals surface area contributed by atoms with Crippen LogP contribution >= 0.6 is 35.3 Å². The number of fused-ring (bicyclic) bond motifs is 1. The molecule has 3 heterocycles. The molecule has 1 aliphatic rings. The van der Waals surface area contributed by atoms with Crippen LogP contribution in [-0.4, -0.2) is 39.7 Å². The fraction of sp³-hybridized carbons (Fsp3) is 0.368. The van der Waals surface area contributed by atoms with Gasteiger partial charge >= 0.3 is 0 Å². The lowest BCUT2D eigenvalue weighted by atomic mass is 10.1. The van der Waals surface area contributed by atoms with Gasteiger partial charge in [-0.1, -0.05) is 23.7 Å². The predicted octanol–water partition coefficient (Wildman–Crippen LogP) is 4.09. The molecule has 0 bridgehead atoms. The zero-order valence-corrected chi connectivity index (χ0v) is 17.4. The van der Waals surface area contributed by atoms with Gasteiger partial charge in [-0.3, -0.25) is 9.48 Å². The molecule has 1 aliphatic heterocycles. The van der Waals surface area contributed by atoms with Gasteiger partial charge in [0.2, 0.25) is 0 Å². The summed E-state index contributed by atoms with van der Waals surface area (Å²) >= 11 is 7.48. The van der Waals surface area contributed by atoms with Gasteiger partial charge in [-0.05, 0) is 43.5 Å². The molecule has 1 unspecified atom stereocenters. The second-order valence-corrected chi connectivity index (χ2v) is 8.32. The molecule has 2 aromatic heterocycles. The quantitative estimate of drug-likeness (QED) is 0.688. The summed E-state index contributed by atoms with van der Waals surface area (Å²) in [6.07, 6.45) is 1.96. The summed E-state index contributed by atoms with van der Waals surface area (Å²) < 4.78 is 1.97. The molecule has 0 aliphatic carbocycles. The Morgan fingerprint density at radius 1 is 1.37 bits per heavy atom. The fourth-order valence-corrected chi connectivity index (χ4v) is 4.69. The minimum Gasteiger partial charge on any atom is -0.336 e. The van der Waals surface area contributed by atoms with Crippen molar-refractivity contribution < 1.29 is 4.79 Å². The first kappa shape index (κ1) is 20.1. The van der Waals surface area contributed by atoms with Crippen LogP contribution in [0.5, 0.6) is 0 Å². The van der Waals surface area contributed by atoms with Crippen LogP contribution in [0.15, 0.2) is 30.3 Å². The van der Waals surface area contributed by atoms with Crippen molar-refractivity contribution in [3.63, 3.8) is 0 Å². The molecule has 1 saturated heterocycles. The van der Waals surface area contributed by atoms with Crippen molar-refractivity contribution in [3.8, 4) is 0 Å². The van der Waals surface area contributed by atoms with Gasteiger partial charge < -0.3 is 10.6 Å². The Kier molecular flexibility index (Phi) is 6.11. The third kappa shape index (κ3) is 4.14. The second kappa shape index (κ2) is 8.19. The van der Waals surface area contributed by atoms with E-state index in [0.717, 1.165) is 50.8 Å². The highest BCUT2D eigenvalue weighted by molar-refractivity contribution is 7.20. The summed E-state index contributed by atoms with van der Waals surface area (Å²) in [6, 6.07) is 9.83. The maximum Gasteiger partial charge on any atom is 0.264 e. The van der Waals surface area contributed by atoms with Crippen molar-refractivity contribution in [1.29, 1.82) is 0 Å². The number of thiophene rings is 1. The molecule has 1 fully saturated rings. The lowest BCUT2D eigenvalue weighted by Crippen LogP contribution is -2.45. The Morgan fingerprint density at radius 2 is 2.11 bits per heavy atom. The molecule has 1 aromatic carbocycles. The van der Waals surface area contributed by atoms with Crippen LogP contribution in [0.2, 0.25) is 5.02 Å². The highest BCUT2D eigenvalue weighted by Gasteiger charge is 2.25. The number of amides is 1. The van der Waals surface area contributed by atoms with E-state index < -0.39 is 0 Å². The van der Waals surface area contributed by atoms with Gasteiger partial charge in [0.15, 0.2) is 0 Å². The largest absolute Gasteiger partial charge is 0.336 e. The molecule has 1 amide bonds. The van der Waals surface area contributed by atoms with Crippen LogP contribution in [0.4, 0.5) is 0 Å². The number of likely N-dealkylation sites (tertiary alicyclic amines) is 1. The molecule has 2 N–H and O–H groups in total. The number of aryl methyl sites for hydroxylation is 1. The summed E-state index contributed by atoms with van der Waals surface area (Å²) in [6.45, 7) is 4.07. The van der Waals surface area contributed by atoms with Crippen LogP contribution in [0.1, 0.15) is 33.8 Å². The van der Waals surface area contributed by atoms with E-state index in [1.54, 1.807) is 0 Å². The number of aromatic nitrogens is 2. The Labute approximate surface area is 173 Å². The number of nitrogens with two attached hydrogens (primary N) is 1. The topological polar surface area (TPSA) is 64.2 Å². The van der Waals surface area contributed by atoms with E-state index in [0.29, 0.717) is 13.1 Å². The second-order valence-electron chi connectivity index (χ2n) is 6.85. The lowest BCUT2D eigenvalue weighted by Gasteiger charge is -2.30. The summed E-state index contributed by atoms with van der Waals surface area (Å²) in [4.78, 5) is 16.5. The third-order valence-electron chi connectivity index (χ3n) is 4.81. The Hall–Kier alpha value is -1.60. The number of rotatable bonds is 3. The average Bonchev–Trinajstić information content (AvgIpc) is 3.18. The molecular weight excluding hydrogens is 403 g/mol. The molecule has 8 heteroatoms. The maximum atomic E-state index is 12.9. The van der Waals surface area contributed by atoms with Crippen molar-refractivity contribution in [2.24, 2.45) is 5.73 Å². The first-order chi connectivity index (χ1) is 12.5. The highest BCUT2D eigenvalue weighted by Crippen LogP contribution is 2.30. The van der Waals surface area contributed by atoms with E-state index in [1.807, 2.05) is 46.8 Å². The molecule has 27 heavy (non-hydrogen) atoms. The van der Waals surface area contributed by atoms with Crippen molar-refractivity contribution >= 4 is 51.5 Å². The summed E-state index contributed by atoms with van der Waals surface area (Å²) in [5, 5.41) is 6.41. The number of halogens is 2. The van der Waals surface area contributed by atoms with Gasteiger partial charge in [-0.25, -0.2) is 0 Å². The molecule has 4 rings (SSSR count). The van der Waals surface area contributed by atoms with Crippen molar-refractivity contribution in [1.82, 2.24) is 14.7 Å². The highest BCUT2D eigenvalue weighted by atomic mass is 35.5. The van der Waals surface area contributed by atoms with Crippen molar-refractivity contribution in [2.45, 2.75) is 32.4 Å². The number of hydrogen-bond acceptors (Lipinski definition) is 4. The van der Waals surface area contributed by atoms with Gasteiger partial charge in [0.25, 0.3) is 5.91 Å². The lowest BCUT2D eigenvalue weighted by molar-refractivity contribution is 0.0714. The number of hydrogen-bond donors (Lipinski definition) is 1. The standard InChI is InChI=1S/C19H21ClN4OS.ClH/c1-12-16-9-17(18(25)23-8-2-3-15(21)11-23)26-19(16)24(22-12)10-13-4-6-14(20)7-5-13;/h4-7,9,15H,2-3,8,10-11,21H2,1H3;1H. The van der Waals surface area contributed by atoms with E-state index in [4.69, 9.17) is 17.3 Å². The van der Waals surface area contributed by atoms with Gasteiger partial charge in [-0.2, -0.15) is 5.10 Å². The van der Waals surface area contributed by atoms with Crippen LogP contribution < -0.4 is 5.73 Å². The fourth-order valence-electron chi connectivity index (χ4n) is 3.44. The summed E-state index contributed by atoms with van der Waals surface area (Å²) in [7, 11) is 0. The van der Waals surface area contributed by atoms with Crippen molar-refractivity contribution in [2.75, 3.05) is 13.1 Å². The number of carbonyl (C=O) groups excluding carboxylic acids is 1. The molecule has 5 nitrogen and oxygen atoms in total.